The highest BCUT2D eigenvalue weighted by molar-refractivity contribution is 5.71. The van der Waals surface area contributed by atoms with Gasteiger partial charge in [0.2, 0.25) is 0 Å². The fourth-order valence-electron chi connectivity index (χ4n) is 1.68. The third kappa shape index (κ3) is 3.95. The molecule has 0 saturated carbocycles. The van der Waals surface area contributed by atoms with Crippen LogP contribution in [0.15, 0.2) is 18.2 Å². The number of hydrogen-bond donors (Lipinski definition) is 2. The van der Waals surface area contributed by atoms with Crippen molar-refractivity contribution in [2.75, 3.05) is 12.4 Å². The van der Waals surface area contributed by atoms with Crippen LogP contribution in [-0.4, -0.2) is 19.2 Å². The van der Waals surface area contributed by atoms with Gasteiger partial charge in [0.25, 0.3) is 0 Å². The monoisotopic (exact) mass is 250 g/mol. The summed E-state index contributed by atoms with van der Waals surface area (Å²) in [6.07, 6.45) is 1.68. The largest absolute Gasteiger partial charge is 0.412 e. The van der Waals surface area contributed by atoms with E-state index in [4.69, 9.17) is 4.74 Å². The second-order valence-corrected chi connectivity index (χ2v) is 4.28. The standard InChI is InChI=1S/C14H22N2O2/c1-5-11(6-2)16-12-8-7-10(3)13(9-12)18-14(17)15-4/h7-9,11,16H,5-6H2,1-4H3,(H,15,17). The molecule has 0 spiro atoms. The van der Waals surface area contributed by atoms with E-state index < -0.39 is 6.09 Å². The van der Waals surface area contributed by atoms with E-state index in [9.17, 15) is 4.79 Å². The fourth-order valence-corrected chi connectivity index (χ4v) is 1.68. The van der Waals surface area contributed by atoms with Crippen molar-refractivity contribution in [1.82, 2.24) is 5.32 Å². The van der Waals surface area contributed by atoms with E-state index in [1.807, 2.05) is 25.1 Å². The fraction of sp³-hybridized carbons (Fsp3) is 0.500. The highest BCUT2D eigenvalue weighted by Crippen LogP contribution is 2.23. The van der Waals surface area contributed by atoms with Crippen LogP contribution >= 0.6 is 0 Å². The molecule has 0 atom stereocenters. The first-order valence-corrected chi connectivity index (χ1v) is 6.37. The van der Waals surface area contributed by atoms with Gasteiger partial charge in [-0.15, -0.1) is 0 Å². The molecule has 0 fully saturated rings. The minimum Gasteiger partial charge on any atom is -0.410 e. The molecular weight excluding hydrogens is 228 g/mol. The second-order valence-electron chi connectivity index (χ2n) is 4.28. The zero-order valence-corrected chi connectivity index (χ0v) is 11.5. The molecule has 0 aliphatic carbocycles. The molecule has 0 aromatic heterocycles. The number of amides is 1. The Morgan fingerprint density at radius 2 is 2.00 bits per heavy atom. The van der Waals surface area contributed by atoms with Gasteiger partial charge in [-0.3, -0.25) is 0 Å². The van der Waals surface area contributed by atoms with E-state index in [0.29, 0.717) is 11.8 Å². The predicted octanol–water partition coefficient (Wildman–Crippen LogP) is 3.31. The average Bonchev–Trinajstić information content (AvgIpc) is 2.39. The Labute approximate surface area is 109 Å². The van der Waals surface area contributed by atoms with Gasteiger partial charge in [0, 0.05) is 24.8 Å². The summed E-state index contributed by atoms with van der Waals surface area (Å²) in [5, 5.41) is 5.87. The number of hydrogen-bond acceptors (Lipinski definition) is 3. The molecule has 2 N–H and O–H groups in total. The van der Waals surface area contributed by atoms with Crippen molar-refractivity contribution >= 4 is 11.8 Å². The maximum Gasteiger partial charge on any atom is 0.412 e. The van der Waals surface area contributed by atoms with Gasteiger partial charge < -0.3 is 15.4 Å². The van der Waals surface area contributed by atoms with Gasteiger partial charge in [-0.1, -0.05) is 19.9 Å². The lowest BCUT2D eigenvalue weighted by Gasteiger charge is -2.17. The molecule has 100 valence electrons. The van der Waals surface area contributed by atoms with E-state index >= 15 is 0 Å². The summed E-state index contributed by atoms with van der Waals surface area (Å²) in [4.78, 5) is 11.2. The number of benzene rings is 1. The van der Waals surface area contributed by atoms with Crippen molar-refractivity contribution in [2.45, 2.75) is 39.7 Å². The summed E-state index contributed by atoms with van der Waals surface area (Å²) >= 11 is 0. The Balaban J connectivity index is 2.83. The Kier molecular flexibility index (Phi) is 5.49. The normalized spacial score (nSPS) is 10.3. The Bertz CT molecular complexity index is 401. The Morgan fingerprint density at radius 3 is 2.56 bits per heavy atom. The highest BCUT2D eigenvalue weighted by atomic mass is 16.6. The molecule has 0 radical (unpaired) electrons. The van der Waals surface area contributed by atoms with Crippen molar-refractivity contribution in [3.05, 3.63) is 23.8 Å². The van der Waals surface area contributed by atoms with Crippen LogP contribution < -0.4 is 15.4 Å². The lowest BCUT2D eigenvalue weighted by atomic mass is 10.1. The molecule has 4 nitrogen and oxygen atoms in total. The maximum absolute atomic E-state index is 11.2. The van der Waals surface area contributed by atoms with Crippen LogP contribution in [0.25, 0.3) is 0 Å². The number of anilines is 1. The van der Waals surface area contributed by atoms with Gasteiger partial charge in [0.15, 0.2) is 0 Å². The van der Waals surface area contributed by atoms with Gasteiger partial charge in [-0.2, -0.15) is 0 Å². The SMILES string of the molecule is CCC(CC)Nc1ccc(C)c(OC(=O)NC)c1. The minimum atomic E-state index is -0.446. The Hall–Kier alpha value is -1.71. The van der Waals surface area contributed by atoms with Crippen LogP contribution in [0.1, 0.15) is 32.3 Å². The number of nitrogens with one attached hydrogen (secondary N) is 2. The van der Waals surface area contributed by atoms with E-state index in [1.165, 1.54) is 0 Å². The second kappa shape index (κ2) is 6.89. The molecule has 1 amide bonds. The molecule has 0 aliphatic heterocycles. The van der Waals surface area contributed by atoms with Crippen molar-refractivity contribution < 1.29 is 9.53 Å². The number of carbonyl (C=O) groups excluding carboxylic acids is 1. The Morgan fingerprint density at radius 1 is 1.33 bits per heavy atom. The lowest BCUT2D eigenvalue weighted by Crippen LogP contribution is -2.22. The average molecular weight is 250 g/mol. The predicted molar refractivity (Wildman–Crippen MR) is 74.3 cm³/mol. The van der Waals surface area contributed by atoms with Gasteiger partial charge >= 0.3 is 6.09 Å². The molecule has 4 heteroatoms. The number of carbonyl (C=O) groups is 1. The van der Waals surface area contributed by atoms with Crippen molar-refractivity contribution in [3.63, 3.8) is 0 Å². The maximum atomic E-state index is 11.2. The summed E-state index contributed by atoms with van der Waals surface area (Å²) in [7, 11) is 1.55. The van der Waals surface area contributed by atoms with Crippen LogP contribution in [-0.2, 0) is 0 Å². The van der Waals surface area contributed by atoms with E-state index in [2.05, 4.69) is 24.5 Å². The van der Waals surface area contributed by atoms with Crippen LogP contribution in [0.2, 0.25) is 0 Å². The van der Waals surface area contributed by atoms with Gasteiger partial charge in [0.05, 0.1) is 0 Å². The first-order chi connectivity index (χ1) is 8.60. The third-order valence-corrected chi connectivity index (χ3v) is 2.95. The molecule has 1 aromatic rings. The van der Waals surface area contributed by atoms with Crippen LogP contribution in [0.3, 0.4) is 0 Å². The first-order valence-electron chi connectivity index (χ1n) is 6.37. The zero-order chi connectivity index (χ0) is 13.5. The highest BCUT2D eigenvalue weighted by Gasteiger charge is 2.08. The molecule has 0 aliphatic rings. The van der Waals surface area contributed by atoms with Crippen molar-refractivity contribution in [1.29, 1.82) is 0 Å². The van der Waals surface area contributed by atoms with Crippen molar-refractivity contribution in [3.8, 4) is 5.75 Å². The number of aryl methyl sites for hydroxylation is 1. The zero-order valence-electron chi connectivity index (χ0n) is 11.5. The summed E-state index contributed by atoms with van der Waals surface area (Å²) in [5.74, 6) is 0.588. The quantitative estimate of drug-likeness (QED) is 0.843. The van der Waals surface area contributed by atoms with Gasteiger partial charge in [0.1, 0.15) is 5.75 Å². The molecular formula is C14H22N2O2. The molecule has 18 heavy (non-hydrogen) atoms. The summed E-state index contributed by atoms with van der Waals surface area (Å²) in [5.41, 5.74) is 1.92. The lowest BCUT2D eigenvalue weighted by molar-refractivity contribution is 0.202. The third-order valence-electron chi connectivity index (χ3n) is 2.95. The van der Waals surface area contributed by atoms with Gasteiger partial charge in [-0.25, -0.2) is 4.79 Å². The van der Waals surface area contributed by atoms with Crippen molar-refractivity contribution in [2.24, 2.45) is 0 Å². The van der Waals surface area contributed by atoms with Crippen LogP contribution in [0.4, 0.5) is 10.5 Å². The summed E-state index contributed by atoms with van der Waals surface area (Å²) in [6.45, 7) is 6.22. The van der Waals surface area contributed by atoms with E-state index in [1.54, 1.807) is 7.05 Å². The number of ether oxygens (including phenoxy) is 1. The first kappa shape index (κ1) is 14.4. The molecule has 0 unspecified atom stereocenters. The van der Waals surface area contributed by atoms with Gasteiger partial charge in [-0.05, 0) is 31.4 Å². The van der Waals surface area contributed by atoms with Crippen LogP contribution in [0.5, 0.6) is 5.75 Å². The molecule has 0 saturated heterocycles. The van der Waals surface area contributed by atoms with E-state index in [0.717, 1.165) is 24.1 Å². The molecule has 1 rings (SSSR count). The number of rotatable bonds is 5. The van der Waals surface area contributed by atoms with Crippen LogP contribution in [0, 0.1) is 6.92 Å². The summed E-state index contributed by atoms with van der Waals surface area (Å²) in [6, 6.07) is 6.26. The molecule has 0 heterocycles. The smallest absolute Gasteiger partial charge is 0.410 e. The minimum absolute atomic E-state index is 0.445. The topological polar surface area (TPSA) is 50.4 Å². The van der Waals surface area contributed by atoms with E-state index in [-0.39, 0.29) is 0 Å². The molecule has 1 aromatic carbocycles. The molecule has 0 bridgehead atoms. The summed E-state index contributed by atoms with van der Waals surface area (Å²) < 4.78 is 5.19.